The van der Waals surface area contributed by atoms with Crippen LogP contribution in [0.3, 0.4) is 0 Å². The Hall–Kier alpha value is -2.38. The van der Waals surface area contributed by atoms with Crippen LogP contribution in [0.1, 0.15) is 23.7 Å². The van der Waals surface area contributed by atoms with E-state index in [2.05, 4.69) is 5.10 Å². The lowest BCUT2D eigenvalue weighted by atomic mass is 10.2. The number of aromatic nitrogens is 2. The first-order valence-corrected chi connectivity index (χ1v) is 5.15. The van der Waals surface area contributed by atoms with E-state index < -0.39 is 30.4 Å². The molecule has 98 valence electrons. The fourth-order valence-corrected chi connectivity index (χ4v) is 1.39. The predicted octanol–water partition coefficient (Wildman–Crippen LogP) is -0.289. The normalized spacial score (nSPS) is 11.9. The summed E-state index contributed by atoms with van der Waals surface area (Å²) >= 11 is 0. The molecule has 1 aromatic heterocycles. The third kappa shape index (κ3) is 3.30. The van der Waals surface area contributed by atoms with Crippen LogP contribution in [-0.2, 0) is 9.59 Å². The molecule has 0 bridgehead atoms. The quantitative estimate of drug-likeness (QED) is 0.680. The number of nitrogens with zero attached hydrogens (tertiary/aromatic N) is 2. The number of rotatable bonds is 4. The molecule has 3 amide bonds. The van der Waals surface area contributed by atoms with E-state index in [9.17, 15) is 14.4 Å². The number of nitrogens with one attached hydrogen (secondary N) is 1. The lowest BCUT2D eigenvalue weighted by Gasteiger charge is -2.11. The van der Waals surface area contributed by atoms with Gasteiger partial charge in [0.05, 0.1) is 12.1 Å². The van der Waals surface area contributed by atoms with Gasteiger partial charge in [-0.15, -0.1) is 0 Å². The number of nitrogens with two attached hydrogens (primary N) is 1. The van der Waals surface area contributed by atoms with Crippen LogP contribution >= 0.6 is 0 Å². The van der Waals surface area contributed by atoms with Gasteiger partial charge in [-0.2, -0.15) is 5.10 Å². The third-order valence-corrected chi connectivity index (χ3v) is 2.41. The standard InChI is InChI=1S/C10H14N4O4/c1-5-4-14(13-6(5)2)7(9(16)17)3-8(15)12-10(11)18/h4,7H,3H2,1-2H3,(H,16,17)(H3,11,12,15,18). The lowest BCUT2D eigenvalue weighted by molar-refractivity contribution is -0.143. The van der Waals surface area contributed by atoms with Crippen LogP contribution in [0.5, 0.6) is 0 Å². The summed E-state index contributed by atoms with van der Waals surface area (Å²) in [6, 6.07) is -2.19. The highest BCUT2D eigenvalue weighted by atomic mass is 16.4. The maximum absolute atomic E-state index is 11.3. The minimum absolute atomic E-state index is 0.418. The number of carboxylic acid groups (broad SMARTS) is 1. The van der Waals surface area contributed by atoms with Gasteiger partial charge in [-0.1, -0.05) is 0 Å². The van der Waals surface area contributed by atoms with Crippen molar-refractivity contribution < 1.29 is 19.5 Å². The number of hydrogen-bond acceptors (Lipinski definition) is 4. The van der Waals surface area contributed by atoms with Gasteiger partial charge >= 0.3 is 12.0 Å². The monoisotopic (exact) mass is 254 g/mol. The molecule has 1 heterocycles. The molecular weight excluding hydrogens is 240 g/mol. The van der Waals surface area contributed by atoms with E-state index in [0.717, 1.165) is 5.56 Å². The summed E-state index contributed by atoms with van der Waals surface area (Å²) in [7, 11) is 0. The molecule has 0 radical (unpaired) electrons. The van der Waals surface area contributed by atoms with Crippen molar-refractivity contribution in [2.75, 3.05) is 0 Å². The molecule has 0 aliphatic heterocycles. The first kappa shape index (κ1) is 13.7. The van der Waals surface area contributed by atoms with E-state index in [1.54, 1.807) is 13.8 Å². The van der Waals surface area contributed by atoms with Crippen LogP contribution in [0.15, 0.2) is 6.20 Å². The molecule has 0 saturated heterocycles. The molecule has 0 aromatic carbocycles. The molecule has 0 spiro atoms. The number of aryl methyl sites for hydroxylation is 2. The van der Waals surface area contributed by atoms with E-state index in [-0.39, 0.29) is 0 Å². The summed E-state index contributed by atoms with van der Waals surface area (Å²) in [4.78, 5) is 32.9. The number of primary amides is 1. The first-order chi connectivity index (χ1) is 8.31. The van der Waals surface area contributed by atoms with Crippen molar-refractivity contribution in [2.24, 2.45) is 5.73 Å². The Bertz CT molecular complexity index is 475. The first-order valence-electron chi connectivity index (χ1n) is 5.15. The summed E-state index contributed by atoms with van der Waals surface area (Å²) in [5.74, 6) is -1.97. The van der Waals surface area contributed by atoms with Crippen LogP contribution in [0.4, 0.5) is 4.79 Å². The number of imide groups is 1. The van der Waals surface area contributed by atoms with Gasteiger partial charge in [0.15, 0.2) is 6.04 Å². The number of carbonyl (C=O) groups excluding carboxylic acids is 2. The van der Waals surface area contributed by atoms with E-state index in [1.165, 1.54) is 10.9 Å². The van der Waals surface area contributed by atoms with Crippen LogP contribution < -0.4 is 11.1 Å². The Kier molecular flexibility index (Phi) is 4.03. The molecule has 8 nitrogen and oxygen atoms in total. The summed E-state index contributed by atoms with van der Waals surface area (Å²) in [6.07, 6.45) is 1.12. The van der Waals surface area contributed by atoms with Gasteiger partial charge in [-0.3, -0.25) is 14.8 Å². The molecule has 1 rings (SSSR count). The second kappa shape index (κ2) is 5.30. The largest absolute Gasteiger partial charge is 0.480 e. The molecule has 0 fully saturated rings. The van der Waals surface area contributed by atoms with Crippen LogP contribution in [0.25, 0.3) is 0 Å². The van der Waals surface area contributed by atoms with E-state index >= 15 is 0 Å². The molecule has 1 atom stereocenters. The highest BCUT2D eigenvalue weighted by Crippen LogP contribution is 2.14. The maximum Gasteiger partial charge on any atom is 0.329 e. The number of amides is 3. The van der Waals surface area contributed by atoms with Gasteiger partial charge in [0.25, 0.3) is 0 Å². The van der Waals surface area contributed by atoms with E-state index in [1.807, 2.05) is 5.32 Å². The smallest absolute Gasteiger partial charge is 0.329 e. The second-order valence-corrected chi connectivity index (χ2v) is 3.85. The molecule has 18 heavy (non-hydrogen) atoms. The Morgan fingerprint density at radius 1 is 1.50 bits per heavy atom. The molecule has 4 N–H and O–H groups in total. The zero-order valence-electron chi connectivity index (χ0n) is 10.0. The molecule has 0 aliphatic carbocycles. The van der Waals surface area contributed by atoms with Gasteiger partial charge < -0.3 is 10.8 Å². The van der Waals surface area contributed by atoms with Crippen molar-refractivity contribution in [3.63, 3.8) is 0 Å². The highest BCUT2D eigenvalue weighted by Gasteiger charge is 2.25. The number of carboxylic acids is 1. The molecule has 8 heteroatoms. The highest BCUT2D eigenvalue weighted by molar-refractivity contribution is 5.95. The number of urea groups is 1. The van der Waals surface area contributed by atoms with Crippen molar-refractivity contribution in [2.45, 2.75) is 26.3 Å². The molecule has 0 saturated carbocycles. The lowest BCUT2D eigenvalue weighted by Crippen LogP contribution is -2.37. The average molecular weight is 254 g/mol. The van der Waals surface area contributed by atoms with Crippen molar-refractivity contribution in [1.82, 2.24) is 15.1 Å². The van der Waals surface area contributed by atoms with Crippen molar-refractivity contribution in [1.29, 1.82) is 0 Å². The average Bonchev–Trinajstić information content (AvgIpc) is 2.54. The number of carbonyl (C=O) groups is 3. The van der Waals surface area contributed by atoms with Crippen LogP contribution in [-0.4, -0.2) is 32.8 Å². The molecule has 1 aromatic rings. The SMILES string of the molecule is Cc1cn(C(CC(=O)NC(N)=O)C(=O)O)nc1C. The molecule has 1 unspecified atom stereocenters. The molecule has 0 aliphatic rings. The van der Waals surface area contributed by atoms with Crippen LogP contribution in [0.2, 0.25) is 0 Å². The summed E-state index contributed by atoms with van der Waals surface area (Å²) < 4.78 is 1.19. The molecular formula is C10H14N4O4. The van der Waals surface area contributed by atoms with Crippen molar-refractivity contribution in [3.05, 3.63) is 17.5 Å². The second-order valence-electron chi connectivity index (χ2n) is 3.85. The van der Waals surface area contributed by atoms with Crippen molar-refractivity contribution in [3.8, 4) is 0 Å². The van der Waals surface area contributed by atoms with E-state index in [4.69, 9.17) is 10.8 Å². The minimum Gasteiger partial charge on any atom is -0.480 e. The number of hydrogen-bond donors (Lipinski definition) is 3. The fourth-order valence-electron chi connectivity index (χ4n) is 1.39. The predicted molar refractivity (Wildman–Crippen MR) is 60.7 cm³/mol. The van der Waals surface area contributed by atoms with Crippen molar-refractivity contribution >= 4 is 17.9 Å². The zero-order valence-corrected chi connectivity index (χ0v) is 10.0. The van der Waals surface area contributed by atoms with Gasteiger partial charge in [0.1, 0.15) is 0 Å². The summed E-state index contributed by atoms with van der Waals surface area (Å²) in [5, 5.41) is 14.9. The van der Waals surface area contributed by atoms with E-state index in [0.29, 0.717) is 5.69 Å². The third-order valence-electron chi connectivity index (χ3n) is 2.41. The summed E-state index contributed by atoms with van der Waals surface area (Å²) in [5.41, 5.74) is 6.27. The Labute approximate surface area is 103 Å². The van der Waals surface area contributed by atoms with Gasteiger partial charge in [-0.05, 0) is 19.4 Å². The minimum atomic E-state index is -1.21. The number of aliphatic carboxylic acids is 1. The topological polar surface area (TPSA) is 127 Å². The van der Waals surface area contributed by atoms with Gasteiger partial charge in [0, 0.05) is 6.20 Å². The zero-order chi connectivity index (χ0) is 13.9. The Balaban J connectivity index is 2.87. The maximum atomic E-state index is 11.3. The Morgan fingerprint density at radius 3 is 2.50 bits per heavy atom. The fraction of sp³-hybridized carbons (Fsp3) is 0.400. The Morgan fingerprint density at radius 2 is 2.11 bits per heavy atom. The van der Waals surface area contributed by atoms with Crippen LogP contribution in [0, 0.1) is 13.8 Å². The van der Waals surface area contributed by atoms with Gasteiger partial charge in [0.2, 0.25) is 5.91 Å². The van der Waals surface area contributed by atoms with Gasteiger partial charge in [-0.25, -0.2) is 9.59 Å². The summed E-state index contributed by atoms with van der Waals surface area (Å²) in [6.45, 7) is 3.51.